The summed E-state index contributed by atoms with van der Waals surface area (Å²) in [7, 11) is 1.98. The normalized spacial score (nSPS) is 15.5. The van der Waals surface area contributed by atoms with Gasteiger partial charge in [-0.2, -0.15) is 18.3 Å². The number of alkyl halides is 3. The van der Waals surface area contributed by atoms with Gasteiger partial charge in [-0.05, 0) is 55.8 Å². The number of anilines is 1. The van der Waals surface area contributed by atoms with E-state index in [1.54, 1.807) is 25.1 Å². The summed E-state index contributed by atoms with van der Waals surface area (Å²) in [6.07, 6.45) is 0.480. The number of halogens is 3. The van der Waals surface area contributed by atoms with Crippen molar-refractivity contribution in [3.05, 3.63) is 89.1 Å². The minimum Gasteiger partial charge on any atom is -0.399 e. The molecule has 0 spiro atoms. The van der Waals surface area contributed by atoms with Crippen molar-refractivity contribution in [1.82, 2.24) is 30.3 Å². The third-order valence-electron chi connectivity index (χ3n) is 6.48. The van der Waals surface area contributed by atoms with Crippen molar-refractivity contribution in [2.45, 2.75) is 13.1 Å². The maximum absolute atomic E-state index is 14.0. The Morgan fingerprint density at radius 2 is 1.95 bits per heavy atom. The number of rotatable bonds is 6. The molecule has 4 rings (SSSR count). The second kappa shape index (κ2) is 12.2. The zero-order valence-corrected chi connectivity index (χ0v) is 22.3. The molecule has 4 N–H and O–H groups in total. The second-order valence-corrected chi connectivity index (χ2v) is 9.53. The molecule has 3 aromatic rings. The largest absolute Gasteiger partial charge is 0.416 e. The number of carbonyl (C=O) groups excluding carboxylic acids is 1. The number of aromatic nitrogens is 3. The summed E-state index contributed by atoms with van der Waals surface area (Å²) in [5.74, 6) is 5.24. The van der Waals surface area contributed by atoms with Gasteiger partial charge in [-0.15, -0.1) is 0 Å². The fourth-order valence-electron chi connectivity index (χ4n) is 4.19. The van der Waals surface area contributed by atoms with Gasteiger partial charge in [0.15, 0.2) is 0 Å². The minimum absolute atomic E-state index is 0.00563. The van der Waals surface area contributed by atoms with Crippen LogP contribution in [0.25, 0.3) is 10.9 Å². The van der Waals surface area contributed by atoms with Gasteiger partial charge >= 0.3 is 6.18 Å². The number of pyridine rings is 1. The van der Waals surface area contributed by atoms with Crippen LogP contribution in [0.5, 0.6) is 0 Å². The Hall–Kier alpha value is -4.40. The molecule has 1 amide bonds. The second-order valence-electron chi connectivity index (χ2n) is 9.53. The molecule has 1 aliphatic rings. The van der Waals surface area contributed by atoms with E-state index in [0.29, 0.717) is 30.0 Å². The summed E-state index contributed by atoms with van der Waals surface area (Å²) >= 11 is 0. The van der Waals surface area contributed by atoms with Gasteiger partial charge in [0, 0.05) is 67.5 Å². The summed E-state index contributed by atoms with van der Waals surface area (Å²) in [4.78, 5) is 21.1. The average Bonchev–Trinajstić information content (AvgIpc) is 3.32. The molecule has 0 aliphatic carbocycles. The van der Waals surface area contributed by atoms with E-state index in [0.717, 1.165) is 30.1 Å². The van der Waals surface area contributed by atoms with Gasteiger partial charge in [0.25, 0.3) is 5.91 Å². The molecule has 3 heterocycles. The Bertz CT molecular complexity index is 1530. The Balaban J connectivity index is 1.49. The number of likely N-dealkylation sites (N-methyl/N-ethyl adjacent to an activating group) is 1. The van der Waals surface area contributed by atoms with E-state index < -0.39 is 17.7 Å². The number of hydrogen-bond acceptors (Lipinski definition) is 6. The van der Waals surface area contributed by atoms with Crippen molar-refractivity contribution >= 4 is 22.5 Å². The number of nitrogens with one attached hydrogen (secondary N) is 2. The Morgan fingerprint density at radius 1 is 1.20 bits per heavy atom. The van der Waals surface area contributed by atoms with Crippen molar-refractivity contribution < 1.29 is 18.0 Å². The smallest absolute Gasteiger partial charge is 0.399 e. The first-order valence-electron chi connectivity index (χ1n) is 12.6. The molecule has 0 atom stereocenters. The molecule has 40 heavy (non-hydrogen) atoms. The number of piperazine rings is 1. The third-order valence-corrected chi connectivity index (χ3v) is 6.48. The number of nitrogens with two attached hydrogens (primary N) is 1. The first-order valence-corrected chi connectivity index (χ1v) is 12.6. The molecule has 2 aromatic heterocycles. The molecular formula is C29H30F3N7O. The predicted molar refractivity (Wildman–Crippen MR) is 149 cm³/mol. The molecule has 0 unspecified atom stereocenters. The van der Waals surface area contributed by atoms with Crippen LogP contribution in [-0.2, 0) is 0 Å². The molecule has 0 radical (unpaired) electrons. The van der Waals surface area contributed by atoms with Crippen LogP contribution < -0.4 is 11.1 Å². The van der Waals surface area contributed by atoms with E-state index in [2.05, 4.69) is 43.8 Å². The van der Waals surface area contributed by atoms with Crippen molar-refractivity contribution in [2.24, 2.45) is 0 Å². The maximum Gasteiger partial charge on any atom is 0.416 e. The standard InChI is InChI=1S/C29H30F3N7O/c1-4-23(15-25(29(30,31)32)19(2)18-39-11-9-38(3)10-12-39)35-28(40)21-13-20(16-34-17-21)5-7-26-24-14-22(33)6-8-27(24)37-36-26/h4,6,8,13-17H,2,9-12,18,33H2,1,3H3,(H,35,40)(H,36,37)/b23-4+,25-15+. The quantitative estimate of drug-likeness (QED) is 0.245. The highest BCUT2D eigenvalue weighted by atomic mass is 19.4. The number of aromatic amines is 1. The van der Waals surface area contributed by atoms with Crippen molar-refractivity contribution in [1.29, 1.82) is 0 Å². The van der Waals surface area contributed by atoms with Crippen LogP contribution in [0.15, 0.2) is 72.2 Å². The number of hydrogen-bond donors (Lipinski definition) is 3. The summed E-state index contributed by atoms with van der Waals surface area (Å²) in [6.45, 7) is 8.22. The third kappa shape index (κ3) is 7.16. The van der Waals surface area contributed by atoms with E-state index in [9.17, 15) is 18.0 Å². The minimum atomic E-state index is -4.64. The van der Waals surface area contributed by atoms with E-state index >= 15 is 0 Å². The highest BCUT2D eigenvalue weighted by molar-refractivity contribution is 5.95. The lowest BCUT2D eigenvalue weighted by atomic mass is 10.0. The topological polar surface area (TPSA) is 103 Å². The van der Waals surface area contributed by atoms with E-state index in [-0.39, 0.29) is 23.4 Å². The fourth-order valence-corrected chi connectivity index (χ4v) is 4.19. The lowest BCUT2D eigenvalue weighted by Crippen LogP contribution is -2.45. The van der Waals surface area contributed by atoms with Crippen LogP contribution in [0.2, 0.25) is 0 Å². The number of benzene rings is 1. The fraction of sp³-hybridized carbons (Fsp3) is 0.276. The summed E-state index contributed by atoms with van der Waals surface area (Å²) in [5, 5.41) is 10.4. The van der Waals surface area contributed by atoms with Gasteiger partial charge in [0.2, 0.25) is 0 Å². The molecule has 0 saturated carbocycles. The summed E-state index contributed by atoms with van der Waals surface area (Å²) in [6, 6.07) is 6.81. The molecule has 8 nitrogen and oxygen atoms in total. The van der Waals surface area contributed by atoms with Crippen molar-refractivity contribution in [2.75, 3.05) is 45.5 Å². The van der Waals surface area contributed by atoms with E-state index in [1.807, 2.05) is 11.9 Å². The highest BCUT2D eigenvalue weighted by Crippen LogP contribution is 2.32. The van der Waals surface area contributed by atoms with Gasteiger partial charge < -0.3 is 16.0 Å². The van der Waals surface area contributed by atoms with Gasteiger partial charge in [0.05, 0.1) is 16.7 Å². The van der Waals surface area contributed by atoms with Crippen LogP contribution in [-0.4, -0.2) is 76.8 Å². The number of nitrogen functional groups attached to an aromatic ring is 1. The van der Waals surface area contributed by atoms with Crippen LogP contribution >= 0.6 is 0 Å². The molecular weight excluding hydrogens is 519 g/mol. The van der Waals surface area contributed by atoms with Gasteiger partial charge in [-0.25, -0.2) is 0 Å². The Labute approximate surface area is 230 Å². The van der Waals surface area contributed by atoms with Gasteiger partial charge in [-0.3, -0.25) is 19.8 Å². The number of amides is 1. The Kier molecular flexibility index (Phi) is 8.72. The van der Waals surface area contributed by atoms with E-state index in [4.69, 9.17) is 5.73 Å². The van der Waals surface area contributed by atoms with Crippen molar-refractivity contribution in [3.63, 3.8) is 0 Å². The first kappa shape index (κ1) is 28.6. The molecule has 208 valence electrons. The average molecular weight is 550 g/mol. The summed E-state index contributed by atoms with van der Waals surface area (Å²) < 4.78 is 41.9. The van der Waals surface area contributed by atoms with Crippen LogP contribution in [0, 0.1) is 11.8 Å². The number of carbonyl (C=O) groups is 1. The number of H-pyrrole nitrogens is 1. The molecule has 0 bridgehead atoms. The van der Waals surface area contributed by atoms with Crippen LogP contribution in [0.1, 0.15) is 28.5 Å². The zero-order chi connectivity index (χ0) is 28.9. The monoisotopic (exact) mass is 549 g/mol. The van der Waals surface area contributed by atoms with Crippen molar-refractivity contribution in [3.8, 4) is 11.8 Å². The molecule has 1 aromatic carbocycles. The molecule has 1 fully saturated rings. The Morgan fingerprint density at radius 3 is 2.65 bits per heavy atom. The first-order chi connectivity index (χ1) is 19.0. The number of fused-ring (bicyclic) bond motifs is 1. The van der Waals surface area contributed by atoms with Crippen LogP contribution in [0.3, 0.4) is 0 Å². The predicted octanol–water partition coefficient (Wildman–Crippen LogP) is 3.87. The van der Waals surface area contributed by atoms with Gasteiger partial charge in [-0.1, -0.05) is 18.6 Å². The maximum atomic E-state index is 14.0. The molecule has 1 saturated heterocycles. The molecule has 11 heteroatoms. The lowest BCUT2D eigenvalue weighted by molar-refractivity contribution is -0.0898. The number of allylic oxidation sites excluding steroid dienone is 2. The summed E-state index contributed by atoms with van der Waals surface area (Å²) in [5.41, 5.74) is 7.31. The van der Waals surface area contributed by atoms with Crippen LogP contribution in [0.4, 0.5) is 18.9 Å². The lowest BCUT2D eigenvalue weighted by Gasteiger charge is -2.33. The highest BCUT2D eigenvalue weighted by Gasteiger charge is 2.36. The number of nitrogens with zero attached hydrogens (tertiary/aromatic N) is 4. The zero-order valence-electron chi connectivity index (χ0n) is 22.3. The van der Waals surface area contributed by atoms with E-state index in [1.165, 1.54) is 24.5 Å². The molecule has 1 aliphatic heterocycles. The van der Waals surface area contributed by atoms with Gasteiger partial charge in [0.1, 0.15) is 5.69 Å². The SMILES string of the molecule is C=C(CN1CCN(C)CC1)/C(=C\C(=C/C)NC(=O)c1cncc(C#Cc2n[nH]c3ccc(N)cc23)c1)C(F)(F)F.